The number of rotatable bonds is 3. The van der Waals surface area contributed by atoms with Gasteiger partial charge in [-0.1, -0.05) is 12.1 Å². The summed E-state index contributed by atoms with van der Waals surface area (Å²) in [5.41, 5.74) is 7.94. The average Bonchev–Trinajstić information content (AvgIpc) is 2.28. The van der Waals surface area contributed by atoms with Crippen molar-refractivity contribution in [2.24, 2.45) is 5.73 Å². The molecular weight excluding hydrogens is 226 g/mol. The van der Waals surface area contributed by atoms with E-state index in [1.807, 2.05) is 38.1 Å². The molecule has 4 nitrogen and oxygen atoms in total. The number of nitrogens with one attached hydrogen (secondary N) is 1. The lowest BCUT2D eigenvalue weighted by Crippen LogP contribution is -2.13. The minimum Gasteiger partial charge on any atom is -0.438 e. The summed E-state index contributed by atoms with van der Waals surface area (Å²) in [6.45, 7) is 3.86. The Balaban J connectivity index is 2.39. The Kier molecular flexibility index (Phi) is 3.28. The molecule has 0 amide bonds. The first-order valence-corrected chi connectivity index (χ1v) is 5.63. The lowest BCUT2D eigenvalue weighted by Gasteiger charge is -2.10. The highest BCUT2D eigenvalue weighted by Crippen LogP contribution is 2.24. The highest BCUT2D eigenvalue weighted by Gasteiger charge is 2.09. The van der Waals surface area contributed by atoms with Crippen LogP contribution < -0.4 is 10.5 Å². The topological polar surface area (TPSA) is 72.0 Å². The van der Waals surface area contributed by atoms with E-state index in [0.717, 1.165) is 11.3 Å². The maximum Gasteiger partial charge on any atom is 0.230 e. The van der Waals surface area contributed by atoms with Gasteiger partial charge in [-0.25, -0.2) is 4.98 Å². The molecule has 0 bridgehead atoms. The van der Waals surface area contributed by atoms with E-state index in [9.17, 15) is 0 Å². The van der Waals surface area contributed by atoms with Crippen molar-refractivity contribution < 1.29 is 4.74 Å². The third-order valence-electron chi connectivity index (χ3n) is 2.49. The lowest BCUT2D eigenvalue weighted by molar-refractivity contribution is 0.460. The molecule has 0 saturated carbocycles. The quantitative estimate of drug-likeness (QED) is 0.641. The first kappa shape index (κ1) is 12.1. The van der Waals surface area contributed by atoms with E-state index in [4.69, 9.17) is 15.9 Å². The molecule has 2 rings (SSSR count). The maximum atomic E-state index is 7.51. The molecule has 0 aliphatic rings. The highest BCUT2D eigenvalue weighted by atomic mass is 16.5. The van der Waals surface area contributed by atoms with Gasteiger partial charge in [0.2, 0.25) is 5.88 Å². The summed E-state index contributed by atoms with van der Waals surface area (Å²) >= 11 is 0. The van der Waals surface area contributed by atoms with Crippen molar-refractivity contribution in [3.8, 4) is 11.6 Å². The minimum absolute atomic E-state index is 0.0508. The fourth-order valence-electron chi connectivity index (χ4n) is 1.61. The molecule has 0 radical (unpaired) electrons. The van der Waals surface area contributed by atoms with E-state index < -0.39 is 0 Å². The van der Waals surface area contributed by atoms with Crippen molar-refractivity contribution in [3.63, 3.8) is 0 Å². The van der Waals surface area contributed by atoms with Gasteiger partial charge in [0.25, 0.3) is 0 Å². The number of nitrogens with two attached hydrogens (primary N) is 1. The largest absolute Gasteiger partial charge is 0.438 e. The number of hydrogen-bond donors (Lipinski definition) is 2. The van der Waals surface area contributed by atoms with E-state index in [1.165, 1.54) is 0 Å². The Morgan fingerprint density at radius 1 is 1.22 bits per heavy atom. The molecular formula is C14H15N3O. The third kappa shape index (κ3) is 2.66. The summed E-state index contributed by atoms with van der Waals surface area (Å²) in [7, 11) is 0. The van der Waals surface area contributed by atoms with Crippen LogP contribution in [0.4, 0.5) is 0 Å². The van der Waals surface area contributed by atoms with Crippen LogP contribution in [-0.2, 0) is 0 Å². The number of nitrogen functional groups attached to an aromatic ring is 1. The number of pyridine rings is 1. The van der Waals surface area contributed by atoms with E-state index >= 15 is 0 Å². The van der Waals surface area contributed by atoms with Crippen molar-refractivity contribution in [1.82, 2.24) is 4.98 Å². The van der Waals surface area contributed by atoms with Crippen molar-refractivity contribution in [2.75, 3.05) is 0 Å². The fourth-order valence-corrected chi connectivity index (χ4v) is 1.61. The van der Waals surface area contributed by atoms with E-state index in [-0.39, 0.29) is 5.84 Å². The molecule has 4 heteroatoms. The number of nitrogens with zero attached hydrogens (tertiary/aromatic N) is 1. The van der Waals surface area contributed by atoms with E-state index in [1.54, 1.807) is 12.1 Å². The maximum absolute atomic E-state index is 7.51. The first-order valence-electron chi connectivity index (χ1n) is 5.63. The smallest absolute Gasteiger partial charge is 0.230 e. The molecule has 0 aliphatic heterocycles. The van der Waals surface area contributed by atoms with Crippen LogP contribution in [-0.4, -0.2) is 10.8 Å². The Labute approximate surface area is 106 Å². The molecule has 18 heavy (non-hydrogen) atoms. The van der Waals surface area contributed by atoms with E-state index in [0.29, 0.717) is 17.2 Å². The van der Waals surface area contributed by atoms with Crippen LogP contribution in [0, 0.1) is 19.3 Å². The Morgan fingerprint density at radius 2 is 2.00 bits per heavy atom. The number of aryl methyl sites for hydroxylation is 2. The second kappa shape index (κ2) is 4.87. The number of aromatic nitrogens is 1. The van der Waals surface area contributed by atoms with Crippen LogP contribution in [0.25, 0.3) is 0 Å². The molecule has 0 saturated heterocycles. The normalized spacial score (nSPS) is 10.1. The van der Waals surface area contributed by atoms with Crippen LogP contribution in [0.3, 0.4) is 0 Å². The van der Waals surface area contributed by atoms with Crippen LogP contribution in [0.5, 0.6) is 11.6 Å². The predicted octanol–water partition coefficient (Wildman–Crippen LogP) is 2.77. The molecule has 0 atom stereocenters. The van der Waals surface area contributed by atoms with Gasteiger partial charge in [0.05, 0.1) is 5.56 Å². The zero-order valence-corrected chi connectivity index (χ0v) is 10.4. The summed E-state index contributed by atoms with van der Waals surface area (Å²) in [6.07, 6.45) is 0. The van der Waals surface area contributed by atoms with Gasteiger partial charge in [-0.2, -0.15) is 0 Å². The number of benzene rings is 1. The van der Waals surface area contributed by atoms with Gasteiger partial charge >= 0.3 is 0 Å². The van der Waals surface area contributed by atoms with Gasteiger partial charge in [-0.05, 0) is 43.7 Å². The molecule has 0 aliphatic carbocycles. The third-order valence-corrected chi connectivity index (χ3v) is 2.49. The molecule has 92 valence electrons. The number of hydrogen-bond acceptors (Lipinski definition) is 3. The summed E-state index contributed by atoms with van der Waals surface area (Å²) < 4.78 is 5.70. The molecule has 1 aromatic carbocycles. The molecule has 2 aromatic rings. The standard InChI is InChI=1S/C14H15N3O/c1-9-4-3-5-11(8-9)18-14-12(13(15)16)7-6-10(2)17-14/h3-8H,1-2H3,(H3,15,16). The Morgan fingerprint density at radius 3 is 2.67 bits per heavy atom. The SMILES string of the molecule is Cc1cccc(Oc2nc(C)ccc2C(=N)N)c1. The zero-order valence-electron chi connectivity index (χ0n) is 10.4. The van der Waals surface area contributed by atoms with Crippen LogP contribution in [0.1, 0.15) is 16.8 Å². The summed E-state index contributed by atoms with van der Waals surface area (Å²) in [4.78, 5) is 4.28. The van der Waals surface area contributed by atoms with Gasteiger partial charge in [0, 0.05) is 5.69 Å². The minimum atomic E-state index is -0.0508. The van der Waals surface area contributed by atoms with Crippen LogP contribution >= 0.6 is 0 Å². The summed E-state index contributed by atoms with van der Waals surface area (Å²) in [5.74, 6) is 1.01. The average molecular weight is 241 g/mol. The van der Waals surface area contributed by atoms with Crippen LogP contribution in [0.2, 0.25) is 0 Å². The zero-order chi connectivity index (χ0) is 13.1. The van der Waals surface area contributed by atoms with Crippen molar-refractivity contribution in [1.29, 1.82) is 5.41 Å². The van der Waals surface area contributed by atoms with Gasteiger partial charge in [-0.3, -0.25) is 5.41 Å². The van der Waals surface area contributed by atoms with Crippen molar-refractivity contribution >= 4 is 5.84 Å². The van der Waals surface area contributed by atoms with Crippen molar-refractivity contribution in [3.05, 3.63) is 53.2 Å². The summed E-state index contributed by atoms with van der Waals surface area (Å²) in [5, 5.41) is 7.51. The second-order valence-corrected chi connectivity index (χ2v) is 4.14. The molecule has 1 aromatic heterocycles. The lowest BCUT2D eigenvalue weighted by atomic mass is 10.2. The van der Waals surface area contributed by atoms with Crippen LogP contribution in [0.15, 0.2) is 36.4 Å². The first-order chi connectivity index (χ1) is 8.56. The molecule has 0 unspecified atom stereocenters. The number of amidine groups is 1. The highest BCUT2D eigenvalue weighted by molar-refractivity contribution is 5.97. The Hall–Kier alpha value is -2.36. The molecule has 0 fully saturated rings. The second-order valence-electron chi connectivity index (χ2n) is 4.14. The molecule has 1 heterocycles. The van der Waals surface area contributed by atoms with Gasteiger partial charge in [0.15, 0.2) is 0 Å². The fraction of sp³-hybridized carbons (Fsp3) is 0.143. The molecule has 0 spiro atoms. The predicted molar refractivity (Wildman–Crippen MR) is 71.2 cm³/mol. The summed E-state index contributed by atoms with van der Waals surface area (Å²) in [6, 6.07) is 11.2. The van der Waals surface area contributed by atoms with Gasteiger partial charge < -0.3 is 10.5 Å². The van der Waals surface area contributed by atoms with Gasteiger partial charge in [-0.15, -0.1) is 0 Å². The van der Waals surface area contributed by atoms with Crippen molar-refractivity contribution in [2.45, 2.75) is 13.8 Å². The molecule has 3 N–H and O–H groups in total. The monoisotopic (exact) mass is 241 g/mol. The Bertz CT molecular complexity index is 593. The number of ether oxygens (including phenoxy) is 1. The van der Waals surface area contributed by atoms with Gasteiger partial charge in [0.1, 0.15) is 11.6 Å². The van der Waals surface area contributed by atoms with E-state index in [2.05, 4.69) is 4.98 Å².